The molecule has 3 heterocycles. The van der Waals surface area contributed by atoms with Crippen molar-refractivity contribution >= 4 is 34.6 Å². The second kappa shape index (κ2) is 5.33. The molecule has 0 atom stereocenters. The number of methoxy groups -OCH3 is 1. The van der Waals surface area contributed by atoms with Crippen LogP contribution in [0.15, 0.2) is 24.8 Å². The summed E-state index contributed by atoms with van der Waals surface area (Å²) in [5.74, 6) is -0.0226. The number of imidazole rings is 1. The van der Waals surface area contributed by atoms with Crippen molar-refractivity contribution in [3.63, 3.8) is 0 Å². The number of aromatic amines is 1. The molecule has 0 unspecified atom stereocenters. The van der Waals surface area contributed by atoms with E-state index in [4.69, 9.17) is 16.3 Å². The fourth-order valence-electron chi connectivity index (χ4n) is 1.75. The number of H-pyrrole nitrogens is 1. The van der Waals surface area contributed by atoms with Crippen LogP contribution in [0.5, 0.6) is 5.75 Å². The van der Waals surface area contributed by atoms with Crippen LogP contribution in [0.3, 0.4) is 0 Å². The van der Waals surface area contributed by atoms with Gasteiger partial charge in [0.1, 0.15) is 11.3 Å². The molecule has 0 saturated carbocycles. The molecule has 0 aliphatic carbocycles. The summed E-state index contributed by atoms with van der Waals surface area (Å²) in [5.41, 5.74) is 1.19. The zero-order valence-corrected chi connectivity index (χ0v) is 11.5. The summed E-state index contributed by atoms with van der Waals surface area (Å²) >= 11 is 5.98. The minimum atomic E-state index is -0.430. The zero-order chi connectivity index (χ0) is 14.8. The van der Waals surface area contributed by atoms with Crippen LogP contribution in [0, 0.1) is 0 Å². The fraction of sp³-hybridized carbons (Fsp3) is 0.0833. The first kappa shape index (κ1) is 13.3. The Kier molecular flexibility index (Phi) is 3.36. The lowest BCUT2D eigenvalue weighted by atomic mass is 10.2. The number of anilines is 1. The lowest BCUT2D eigenvalue weighted by molar-refractivity contribution is 0.102. The summed E-state index contributed by atoms with van der Waals surface area (Å²) in [6, 6.07) is 1.53. The lowest BCUT2D eigenvalue weighted by Gasteiger charge is -2.07. The van der Waals surface area contributed by atoms with Gasteiger partial charge in [-0.15, -0.1) is 0 Å². The summed E-state index contributed by atoms with van der Waals surface area (Å²) in [6.45, 7) is 0. The highest BCUT2D eigenvalue weighted by Gasteiger charge is 2.15. The van der Waals surface area contributed by atoms with Gasteiger partial charge >= 0.3 is 0 Å². The van der Waals surface area contributed by atoms with Gasteiger partial charge in [-0.2, -0.15) is 9.97 Å². The van der Waals surface area contributed by atoms with E-state index in [1.165, 1.54) is 31.9 Å². The molecule has 21 heavy (non-hydrogen) atoms. The number of hydrogen-bond donors (Lipinski definition) is 2. The average Bonchev–Trinajstić information content (AvgIpc) is 2.96. The van der Waals surface area contributed by atoms with Crippen molar-refractivity contribution in [2.45, 2.75) is 0 Å². The normalized spacial score (nSPS) is 10.6. The molecule has 9 heteroatoms. The molecular formula is C12H9ClN6O2. The number of ether oxygens (including phenoxy) is 1. The van der Waals surface area contributed by atoms with E-state index < -0.39 is 5.91 Å². The molecule has 8 nitrogen and oxygen atoms in total. The average molecular weight is 305 g/mol. The standard InChI is InChI=1S/C12H9ClN6O2/c1-21-7-4-14-3-2-6(7)11(20)19-12-17-9(13)8-10(18-12)16-5-15-8/h2-5H,1H3,(H2,15,16,17,18,19,20). The quantitative estimate of drug-likeness (QED) is 0.713. The van der Waals surface area contributed by atoms with Crippen LogP contribution in [-0.4, -0.2) is 37.9 Å². The molecule has 2 N–H and O–H groups in total. The maximum Gasteiger partial charge on any atom is 0.261 e. The maximum atomic E-state index is 12.2. The van der Waals surface area contributed by atoms with Crippen molar-refractivity contribution in [3.05, 3.63) is 35.5 Å². The van der Waals surface area contributed by atoms with Gasteiger partial charge in [0.15, 0.2) is 10.8 Å². The molecule has 0 spiro atoms. The molecule has 3 aromatic heterocycles. The molecule has 0 aromatic carbocycles. The van der Waals surface area contributed by atoms with Crippen LogP contribution in [0.25, 0.3) is 11.2 Å². The minimum Gasteiger partial charge on any atom is -0.494 e. The van der Waals surface area contributed by atoms with Gasteiger partial charge in [-0.1, -0.05) is 11.6 Å². The van der Waals surface area contributed by atoms with E-state index in [2.05, 4.69) is 30.2 Å². The van der Waals surface area contributed by atoms with E-state index >= 15 is 0 Å². The smallest absolute Gasteiger partial charge is 0.261 e. The molecule has 0 aliphatic rings. The van der Waals surface area contributed by atoms with Gasteiger partial charge in [-0.05, 0) is 6.07 Å². The number of nitrogens with one attached hydrogen (secondary N) is 2. The molecular weight excluding hydrogens is 296 g/mol. The van der Waals surface area contributed by atoms with Gasteiger partial charge in [-0.25, -0.2) is 4.98 Å². The number of hydrogen-bond acceptors (Lipinski definition) is 6. The van der Waals surface area contributed by atoms with Gasteiger partial charge in [0.2, 0.25) is 5.95 Å². The topological polar surface area (TPSA) is 106 Å². The Morgan fingerprint density at radius 2 is 2.29 bits per heavy atom. The fourth-order valence-corrected chi connectivity index (χ4v) is 1.97. The van der Waals surface area contributed by atoms with E-state index in [1.54, 1.807) is 0 Å². The van der Waals surface area contributed by atoms with Crippen molar-refractivity contribution in [2.24, 2.45) is 0 Å². The summed E-state index contributed by atoms with van der Waals surface area (Å²) in [7, 11) is 1.46. The molecule has 0 aliphatic heterocycles. The third-order valence-corrected chi connectivity index (χ3v) is 2.99. The monoisotopic (exact) mass is 304 g/mol. The lowest BCUT2D eigenvalue weighted by Crippen LogP contribution is -2.15. The molecule has 0 saturated heterocycles. The number of fused-ring (bicyclic) bond motifs is 1. The predicted octanol–water partition coefficient (Wildman–Crippen LogP) is 1.66. The van der Waals surface area contributed by atoms with Crippen molar-refractivity contribution in [2.75, 3.05) is 12.4 Å². The van der Waals surface area contributed by atoms with Gasteiger partial charge in [-0.3, -0.25) is 15.1 Å². The highest BCUT2D eigenvalue weighted by Crippen LogP contribution is 2.20. The highest BCUT2D eigenvalue weighted by atomic mass is 35.5. The Morgan fingerprint density at radius 3 is 3.10 bits per heavy atom. The summed E-state index contributed by atoms with van der Waals surface area (Å²) in [6.07, 6.45) is 4.38. The first-order chi connectivity index (χ1) is 10.2. The number of nitrogens with zero attached hydrogens (tertiary/aromatic N) is 4. The molecule has 0 radical (unpaired) electrons. The third kappa shape index (κ3) is 2.48. The zero-order valence-electron chi connectivity index (χ0n) is 10.8. The maximum absolute atomic E-state index is 12.2. The number of aromatic nitrogens is 5. The van der Waals surface area contributed by atoms with E-state index in [-0.39, 0.29) is 11.1 Å². The van der Waals surface area contributed by atoms with Crippen molar-refractivity contribution in [1.82, 2.24) is 24.9 Å². The first-order valence-corrected chi connectivity index (χ1v) is 6.23. The first-order valence-electron chi connectivity index (χ1n) is 5.85. The molecule has 3 aromatic rings. The molecule has 0 bridgehead atoms. The number of halogens is 1. The van der Waals surface area contributed by atoms with E-state index in [0.717, 1.165) is 0 Å². The minimum absolute atomic E-state index is 0.0588. The largest absolute Gasteiger partial charge is 0.494 e. The molecule has 3 rings (SSSR count). The van der Waals surface area contributed by atoms with Gasteiger partial charge in [0.05, 0.1) is 25.2 Å². The Morgan fingerprint density at radius 1 is 1.43 bits per heavy atom. The van der Waals surface area contributed by atoms with Crippen molar-refractivity contribution < 1.29 is 9.53 Å². The summed E-state index contributed by atoms with van der Waals surface area (Å²) in [4.78, 5) is 31.0. The predicted molar refractivity (Wildman–Crippen MR) is 75.4 cm³/mol. The number of carbonyl (C=O) groups excluding carboxylic acids is 1. The van der Waals surface area contributed by atoms with Gasteiger partial charge in [0, 0.05) is 6.20 Å². The van der Waals surface area contributed by atoms with Gasteiger partial charge in [0.25, 0.3) is 5.91 Å². The second-order valence-electron chi connectivity index (χ2n) is 3.97. The third-order valence-electron chi connectivity index (χ3n) is 2.72. The molecule has 106 valence electrons. The summed E-state index contributed by atoms with van der Waals surface area (Å²) in [5, 5.41) is 2.72. The number of pyridine rings is 1. The van der Waals surface area contributed by atoms with Crippen molar-refractivity contribution in [1.29, 1.82) is 0 Å². The highest BCUT2D eigenvalue weighted by molar-refractivity contribution is 6.33. The Balaban J connectivity index is 1.92. The van der Waals surface area contributed by atoms with Crippen molar-refractivity contribution in [3.8, 4) is 5.75 Å². The number of carbonyl (C=O) groups is 1. The Hall–Kier alpha value is -2.74. The Labute approximate surface area is 123 Å². The van der Waals surface area contributed by atoms with Crippen LogP contribution in [0.2, 0.25) is 5.15 Å². The van der Waals surface area contributed by atoms with Crippen LogP contribution in [0.1, 0.15) is 10.4 Å². The van der Waals surface area contributed by atoms with E-state index in [0.29, 0.717) is 22.5 Å². The SMILES string of the molecule is COc1cnccc1C(=O)Nc1nc(Cl)c2[nH]cnc2n1. The number of amides is 1. The van der Waals surface area contributed by atoms with Crippen LogP contribution in [-0.2, 0) is 0 Å². The molecule has 0 fully saturated rings. The second-order valence-corrected chi connectivity index (χ2v) is 4.33. The Bertz CT molecular complexity index is 818. The van der Waals surface area contributed by atoms with Crippen LogP contribution >= 0.6 is 11.6 Å². The van der Waals surface area contributed by atoms with E-state index in [9.17, 15) is 4.79 Å². The molecule has 1 amide bonds. The van der Waals surface area contributed by atoms with Crippen LogP contribution in [0.4, 0.5) is 5.95 Å². The van der Waals surface area contributed by atoms with Crippen LogP contribution < -0.4 is 10.1 Å². The van der Waals surface area contributed by atoms with E-state index in [1.807, 2.05) is 0 Å². The number of rotatable bonds is 3. The van der Waals surface area contributed by atoms with Gasteiger partial charge < -0.3 is 9.72 Å². The summed E-state index contributed by atoms with van der Waals surface area (Å²) < 4.78 is 5.08.